The van der Waals surface area contributed by atoms with Crippen molar-refractivity contribution >= 4 is 32.4 Å². The SMILES string of the molecule is Cc1cccc(-c2nc(Nc3cccc(S(N)(=O)=O)c3)c3ccccc3n2)c1. The van der Waals surface area contributed by atoms with Crippen LogP contribution in [0.25, 0.3) is 22.3 Å². The van der Waals surface area contributed by atoms with Crippen molar-refractivity contribution < 1.29 is 8.42 Å². The number of benzene rings is 3. The number of anilines is 2. The third kappa shape index (κ3) is 3.71. The van der Waals surface area contributed by atoms with Crippen molar-refractivity contribution in [1.82, 2.24) is 9.97 Å². The maximum Gasteiger partial charge on any atom is 0.238 e. The number of nitrogens with two attached hydrogens (primary N) is 1. The molecule has 0 saturated heterocycles. The van der Waals surface area contributed by atoms with E-state index in [1.807, 2.05) is 55.5 Å². The zero-order valence-electron chi connectivity index (χ0n) is 15.1. The van der Waals surface area contributed by atoms with Gasteiger partial charge in [0.1, 0.15) is 5.82 Å². The Morgan fingerprint density at radius 2 is 1.68 bits per heavy atom. The molecule has 0 spiro atoms. The summed E-state index contributed by atoms with van der Waals surface area (Å²) in [6.07, 6.45) is 0. The predicted octanol–water partition coefficient (Wildman–Crippen LogP) is 4.00. The molecule has 0 aliphatic rings. The Labute approximate surface area is 163 Å². The van der Waals surface area contributed by atoms with Crippen LogP contribution in [0.1, 0.15) is 5.56 Å². The molecule has 0 amide bonds. The molecule has 0 radical (unpaired) electrons. The highest BCUT2D eigenvalue weighted by Gasteiger charge is 2.12. The summed E-state index contributed by atoms with van der Waals surface area (Å²) >= 11 is 0. The molecular formula is C21H18N4O2S. The van der Waals surface area contributed by atoms with E-state index in [0.717, 1.165) is 22.0 Å². The van der Waals surface area contributed by atoms with Crippen LogP contribution in [-0.4, -0.2) is 18.4 Å². The number of rotatable bonds is 4. The first-order valence-corrected chi connectivity index (χ1v) is 10.2. The highest BCUT2D eigenvalue weighted by atomic mass is 32.2. The van der Waals surface area contributed by atoms with Crippen molar-refractivity contribution in [3.63, 3.8) is 0 Å². The molecule has 0 fully saturated rings. The van der Waals surface area contributed by atoms with Gasteiger partial charge in [-0.2, -0.15) is 0 Å². The number of primary sulfonamides is 1. The summed E-state index contributed by atoms with van der Waals surface area (Å²) < 4.78 is 23.3. The molecule has 4 aromatic rings. The maximum absolute atomic E-state index is 11.6. The molecule has 0 saturated carbocycles. The first kappa shape index (κ1) is 18.1. The van der Waals surface area contributed by atoms with E-state index in [9.17, 15) is 8.42 Å². The predicted molar refractivity (Wildman–Crippen MR) is 111 cm³/mol. The number of fused-ring (bicyclic) bond motifs is 1. The molecule has 6 nitrogen and oxygen atoms in total. The summed E-state index contributed by atoms with van der Waals surface area (Å²) in [7, 11) is -3.79. The van der Waals surface area contributed by atoms with Gasteiger partial charge < -0.3 is 5.32 Å². The van der Waals surface area contributed by atoms with Gasteiger partial charge in [-0.05, 0) is 43.3 Å². The van der Waals surface area contributed by atoms with Gasteiger partial charge in [-0.25, -0.2) is 23.5 Å². The summed E-state index contributed by atoms with van der Waals surface area (Å²) in [4.78, 5) is 9.41. The normalized spacial score (nSPS) is 11.5. The van der Waals surface area contributed by atoms with Crippen molar-refractivity contribution in [3.8, 4) is 11.4 Å². The zero-order valence-corrected chi connectivity index (χ0v) is 15.9. The topological polar surface area (TPSA) is 98.0 Å². The largest absolute Gasteiger partial charge is 0.340 e. The highest BCUT2D eigenvalue weighted by molar-refractivity contribution is 7.89. The second kappa shape index (κ2) is 7.03. The molecule has 140 valence electrons. The molecule has 7 heteroatoms. The Balaban J connectivity index is 1.84. The van der Waals surface area contributed by atoms with Gasteiger partial charge in [0.15, 0.2) is 5.82 Å². The third-order valence-corrected chi connectivity index (χ3v) is 5.22. The number of para-hydroxylation sites is 1. The summed E-state index contributed by atoms with van der Waals surface area (Å²) in [5.74, 6) is 1.18. The summed E-state index contributed by atoms with van der Waals surface area (Å²) in [5.41, 5.74) is 3.39. The van der Waals surface area contributed by atoms with Crippen LogP contribution in [0.3, 0.4) is 0 Å². The monoisotopic (exact) mass is 390 g/mol. The van der Waals surface area contributed by atoms with E-state index in [4.69, 9.17) is 10.1 Å². The minimum absolute atomic E-state index is 0.0368. The van der Waals surface area contributed by atoms with Crippen LogP contribution in [0.2, 0.25) is 0 Å². The van der Waals surface area contributed by atoms with Gasteiger partial charge in [0.05, 0.1) is 10.4 Å². The Bertz CT molecular complexity index is 1290. The summed E-state index contributed by atoms with van der Waals surface area (Å²) in [5, 5.41) is 9.29. The standard InChI is InChI=1S/C21H18N4O2S/c1-14-6-4-7-15(12-14)20-24-19-11-3-2-10-18(19)21(25-20)23-16-8-5-9-17(13-16)28(22,26)27/h2-13H,1H3,(H2,22,26,27)(H,23,24,25). The maximum atomic E-state index is 11.6. The fourth-order valence-electron chi connectivity index (χ4n) is 2.97. The van der Waals surface area contributed by atoms with Crippen molar-refractivity contribution in [2.75, 3.05) is 5.32 Å². The second-order valence-corrected chi connectivity index (χ2v) is 8.04. The zero-order chi connectivity index (χ0) is 19.7. The molecule has 4 rings (SSSR count). The number of nitrogens with zero attached hydrogens (tertiary/aromatic N) is 2. The molecular weight excluding hydrogens is 372 g/mol. The number of hydrogen-bond acceptors (Lipinski definition) is 5. The van der Waals surface area contributed by atoms with E-state index < -0.39 is 10.0 Å². The fraction of sp³-hybridized carbons (Fsp3) is 0.0476. The van der Waals surface area contributed by atoms with Crippen molar-refractivity contribution in [2.45, 2.75) is 11.8 Å². The molecule has 28 heavy (non-hydrogen) atoms. The van der Waals surface area contributed by atoms with Crippen LogP contribution < -0.4 is 10.5 Å². The van der Waals surface area contributed by atoms with Gasteiger partial charge >= 0.3 is 0 Å². The smallest absolute Gasteiger partial charge is 0.238 e. The molecule has 3 aromatic carbocycles. The van der Waals surface area contributed by atoms with Crippen LogP contribution in [0.4, 0.5) is 11.5 Å². The van der Waals surface area contributed by atoms with Crippen LogP contribution in [0.15, 0.2) is 77.7 Å². The van der Waals surface area contributed by atoms with Gasteiger partial charge in [-0.3, -0.25) is 0 Å². The molecule has 3 N–H and O–H groups in total. The second-order valence-electron chi connectivity index (χ2n) is 6.48. The Hall–Kier alpha value is -3.29. The number of nitrogens with one attached hydrogen (secondary N) is 1. The van der Waals surface area contributed by atoms with Crippen molar-refractivity contribution in [3.05, 3.63) is 78.4 Å². The minimum atomic E-state index is -3.79. The van der Waals surface area contributed by atoms with Crippen molar-refractivity contribution in [1.29, 1.82) is 0 Å². The van der Waals surface area contributed by atoms with E-state index in [2.05, 4.69) is 10.3 Å². The summed E-state index contributed by atoms with van der Waals surface area (Å²) in [6.45, 7) is 2.02. The van der Waals surface area contributed by atoms with Gasteiger partial charge in [-0.1, -0.05) is 42.0 Å². The third-order valence-electron chi connectivity index (χ3n) is 4.30. The lowest BCUT2D eigenvalue weighted by molar-refractivity contribution is 0.598. The minimum Gasteiger partial charge on any atom is -0.340 e. The Kier molecular flexibility index (Phi) is 4.54. The van der Waals surface area contributed by atoms with Gasteiger partial charge in [0.25, 0.3) is 0 Å². The van der Waals surface area contributed by atoms with E-state index >= 15 is 0 Å². The lowest BCUT2D eigenvalue weighted by Crippen LogP contribution is -2.12. The van der Waals surface area contributed by atoms with E-state index in [1.54, 1.807) is 12.1 Å². The number of sulfonamides is 1. The van der Waals surface area contributed by atoms with E-state index in [1.165, 1.54) is 12.1 Å². The van der Waals surface area contributed by atoms with Crippen molar-refractivity contribution in [2.24, 2.45) is 5.14 Å². The van der Waals surface area contributed by atoms with E-state index in [-0.39, 0.29) is 4.90 Å². The lowest BCUT2D eigenvalue weighted by Gasteiger charge is -2.12. The first-order chi connectivity index (χ1) is 13.4. The summed E-state index contributed by atoms with van der Waals surface area (Å²) in [6, 6.07) is 22.0. The molecule has 0 aliphatic heterocycles. The van der Waals surface area contributed by atoms with Crippen LogP contribution >= 0.6 is 0 Å². The number of aryl methyl sites for hydroxylation is 1. The Morgan fingerprint density at radius 3 is 2.46 bits per heavy atom. The number of hydrogen-bond donors (Lipinski definition) is 2. The molecule has 0 bridgehead atoms. The average Bonchev–Trinajstić information content (AvgIpc) is 2.67. The molecule has 0 aliphatic carbocycles. The van der Waals surface area contributed by atoms with Crippen LogP contribution in [0.5, 0.6) is 0 Å². The molecule has 0 atom stereocenters. The van der Waals surface area contributed by atoms with Gasteiger partial charge in [0, 0.05) is 16.6 Å². The molecule has 0 unspecified atom stereocenters. The highest BCUT2D eigenvalue weighted by Crippen LogP contribution is 2.28. The molecule has 1 heterocycles. The van der Waals surface area contributed by atoms with Gasteiger partial charge in [0.2, 0.25) is 10.0 Å². The first-order valence-electron chi connectivity index (χ1n) is 8.64. The number of aromatic nitrogens is 2. The van der Waals surface area contributed by atoms with Crippen LogP contribution in [0, 0.1) is 6.92 Å². The van der Waals surface area contributed by atoms with Gasteiger partial charge in [-0.15, -0.1) is 0 Å². The Morgan fingerprint density at radius 1 is 0.893 bits per heavy atom. The fourth-order valence-corrected chi connectivity index (χ4v) is 3.53. The molecule has 1 aromatic heterocycles. The van der Waals surface area contributed by atoms with Crippen LogP contribution in [-0.2, 0) is 10.0 Å². The lowest BCUT2D eigenvalue weighted by atomic mass is 10.1. The average molecular weight is 390 g/mol. The quantitative estimate of drug-likeness (QED) is 0.549. The van der Waals surface area contributed by atoms with E-state index in [0.29, 0.717) is 17.3 Å².